The van der Waals surface area contributed by atoms with Crippen molar-refractivity contribution in [1.29, 1.82) is 0 Å². The Hall–Kier alpha value is -1.08. The van der Waals surface area contributed by atoms with Crippen LogP contribution in [0.1, 0.15) is 6.92 Å². The number of hydrogen-bond donors (Lipinski definition) is 2. The molecule has 0 fully saturated rings. The molecule has 1 aromatic carbocycles. The van der Waals surface area contributed by atoms with Crippen molar-refractivity contribution in [3.05, 3.63) is 27.1 Å². The normalized spacial score (nSPS) is 11.7. The molecule has 0 saturated heterocycles. The Labute approximate surface area is 121 Å². The summed E-state index contributed by atoms with van der Waals surface area (Å²) in [6.07, 6.45) is 0. The highest BCUT2D eigenvalue weighted by Gasteiger charge is 2.14. The summed E-state index contributed by atoms with van der Waals surface area (Å²) in [5.41, 5.74) is 0. The van der Waals surface area contributed by atoms with Gasteiger partial charge in [0.2, 0.25) is 0 Å². The van der Waals surface area contributed by atoms with Gasteiger partial charge in [-0.3, -0.25) is 9.59 Å². The van der Waals surface area contributed by atoms with Crippen LogP contribution in [0.5, 0.6) is 5.75 Å². The Kier molecular flexibility index (Phi) is 5.61. The van der Waals surface area contributed by atoms with Crippen molar-refractivity contribution in [2.45, 2.75) is 13.0 Å². The highest BCUT2D eigenvalue weighted by Crippen LogP contribution is 2.27. The van der Waals surface area contributed by atoms with Crippen LogP contribution in [0.2, 0.25) is 0 Å². The molecule has 98 valence electrons. The Morgan fingerprint density at radius 2 is 2.11 bits per heavy atom. The molecule has 0 unspecified atom stereocenters. The average Bonchev–Trinajstić information content (AvgIpc) is 2.27. The molecule has 5 nitrogen and oxygen atoms in total. The first kappa shape index (κ1) is 15.0. The Bertz CT molecular complexity index is 464. The molecule has 0 radical (unpaired) electrons. The lowest BCUT2D eigenvalue weighted by Crippen LogP contribution is -2.40. The molecule has 0 aliphatic rings. The molecule has 1 atom stereocenters. The number of halogens is 2. The van der Waals surface area contributed by atoms with Crippen molar-refractivity contribution in [3.8, 4) is 5.75 Å². The van der Waals surface area contributed by atoms with Gasteiger partial charge in [0, 0.05) is 4.47 Å². The van der Waals surface area contributed by atoms with E-state index in [1.807, 2.05) is 0 Å². The maximum absolute atomic E-state index is 11.4. The standard InChI is InChI=1S/C11H11Br2NO4/c1-6(11(16)17)14-10(15)5-18-9-3-2-7(12)4-8(9)13/h2-4,6H,5H2,1H3,(H,14,15)(H,16,17)/t6-/m0/s1. The van der Waals surface area contributed by atoms with Gasteiger partial charge in [-0.25, -0.2) is 0 Å². The van der Waals surface area contributed by atoms with Crippen LogP contribution < -0.4 is 10.1 Å². The van der Waals surface area contributed by atoms with Gasteiger partial charge in [-0.05, 0) is 41.1 Å². The number of carboxylic acids is 1. The molecular formula is C11H11Br2NO4. The van der Waals surface area contributed by atoms with Crippen LogP contribution in [0, 0.1) is 0 Å². The molecule has 18 heavy (non-hydrogen) atoms. The number of ether oxygens (including phenoxy) is 1. The van der Waals surface area contributed by atoms with Crippen molar-refractivity contribution >= 4 is 43.7 Å². The number of carbonyl (C=O) groups is 2. The van der Waals surface area contributed by atoms with Gasteiger partial charge in [-0.15, -0.1) is 0 Å². The zero-order chi connectivity index (χ0) is 13.7. The van der Waals surface area contributed by atoms with E-state index in [0.29, 0.717) is 10.2 Å². The first-order valence-electron chi connectivity index (χ1n) is 5.00. The maximum atomic E-state index is 11.4. The van der Waals surface area contributed by atoms with E-state index in [2.05, 4.69) is 37.2 Å². The second-order valence-corrected chi connectivity index (χ2v) is 5.26. The molecule has 1 amide bonds. The summed E-state index contributed by atoms with van der Waals surface area (Å²) < 4.78 is 6.85. The molecule has 2 N–H and O–H groups in total. The van der Waals surface area contributed by atoms with Gasteiger partial charge >= 0.3 is 5.97 Å². The summed E-state index contributed by atoms with van der Waals surface area (Å²) in [5.74, 6) is -1.07. The van der Waals surface area contributed by atoms with Gasteiger partial charge in [0.05, 0.1) is 4.47 Å². The lowest BCUT2D eigenvalue weighted by Gasteiger charge is -2.11. The molecule has 0 bridgehead atoms. The largest absolute Gasteiger partial charge is 0.483 e. The molecule has 0 aliphatic heterocycles. The summed E-state index contributed by atoms with van der Waals surface area (Å²) in [6, 6.07) is 4.32. The van der Waals surface area contributed by atoms with Crippen molar-refractivity contribution < 1.29 is 19.4 Å². The molecule has 0 spiro atoms. The predicted molar refractivity (Wildman–Crippen MR) is 72.6 cm³/mol. The molecule has 0 aliphatic carbocycles. The van der Waals surface area contributed by atoms with Crippen LogP contribution >= 0.6 is 31.9 Å². The van der Waals surface area contributed by atoms with E-state index in [0.717, 1.165) is 4.47 Å². The summed E-state index contributed by atoms with van der Waals surface area (Å²) in [4.78, 5) is 21.9. The quantitative estimate of drug-likeness (QED) is 0.820. The number of aliphatic carboxylic acids is 1. The number of nitrogens with one attached hydrogen (secondary N) is 1. The number of amides is 1. The minimum Gasteiger partial charge on any atom is -0.483 e. The highest BCUT2D eigenvalue weighted by atomic mass is 79.9. The average molecular weight is 381 g/mol. The van der Waals surface area contributed by atoms with Gasteiger partial charge in [0.1, 0.15) is 11.8 Å². The van der Waals surface area contributed by atoms with Crippen LogP contribution in [0.25, 0.3) is 0 Å². The maximum Gasteiger partial charge on any atom is 0.325 e. The van der Waals surface area contributed by atoms with Gasteiger partial charge in [0.25, 0.3) is 5.91 Å². The van der Waals surface area contributed by atoms with E-state index in [1.54, 1.807) is 18.2 Å². The first-order valence-corrected chi connectivity index (χ1v) is 6.58. The molecule has 0 saturated carbocycles. The molecular weight excluding hydrogens is 370 g/mol. The number of carboxylic acid groups (broad SMARTS) is 1. The molecule has 1 aromatic rings. The van der Waals surface area contributed by atoms with Gasteiger partial charge in [0.15, 0.2) is 6.61 Å². The van der Waals surface area contributed by atoms with Crippen molar-refractivity contribution in [3.63, 3.8) is 0 Å². The predicted octanol–water partition coefficient (Wildman–Crippen LogP) is 2.18. The smallest absolute Gasteiger partial charge is 0.325 e. The minimum atomic E-state index is -1.09. The van der Waals surface area contributed by atoms with E-state index >= 15 is 0 Å². The Balaban J connectivity index is 2.50. The van der Waals surface area contributed by atoms with E-state index in [1.165, 1.54) is 6.92 Å². The fraction of sp³-hybridized carbons (Fsp3) is 0.273. The van der Waals surface area contributed by atoms with Crippen molar-refractivity contribution in [2.75, 3.05) is 6.61 Å². The van der Waals surface area contributed by atoms with E-state index in [4.69, 9.17) is 9.84 Å². The summed E-state index contributed by atoms with van der Waals surface area (Å²) in [5, 5.41) is 10.9. The number of hydrogen-bond acceptors (Lipinski definition) is 3. The third-order valence-corrected chi connectivity index (χ3v) is 3.11. The third-order valence-electron chi connectivity index (χ3n) is 2.00. The monoisotopic (exact) mass is 379 g/mol. The SMILES string of the molecule is C[C@H](NC(=O)COc1ccc(Br)cc1Br)C(=O)O. The van der Waals surface area contributed by atoms with E-state index in [9.17, 15) is 9.59 Å². The third kappa shape index (κ3) is 4.66. The summed E-state index contributed by atoms with van der Waals surface area (Å²) in [7, 11) is 0. The zero-order valence-corrected chi connectivity index (χ0v) is 12.6. The van der Waals surface area contributed by atoms with Crippen LogP contribution in [0.15, 0.2) is 27.1 Å². The van der Waals surface area contributed by atoms with Gasteiger partial charge in [-0.2, -0.15) is 0 Å². The van der Waals surface area contributed by atoms with Crippen molar-refractivity contribution in [1.82, 2.24) is 5.32 Å². The van der Waals surface area contributed by atoms with Crippen LogP contribution in [0.3, 0.4) is 0 Å². The first-order chi connectivity index (χ1) is 8.40. The Morgan fingerprint density at radius 1 is 1.44 bits per heavy atom. The Morgan fingerprint density at radius 3 is 2.67 bits per heavy atom. The molecule has 0 aromatic heterocycles. The highest BCUT2D eigenvalue weighted by molar-refractivity contribution is 9.11. The van der Waals surface area contributed by atoms with Gasteiger partial charge in [-0.1, -0.05) is 15.9 Å². The fourth-order valence-electron chi connectivity index (χ4n) is 1.08. The second kappa shape index (κ2) is 6.75. The summed E-state index contributed by atoms with van der Waals surface area (Å²) >= 11 is 6.59. The molecule has 7 heteroatoms. The zero-order valence-electron chi connectivity index (χ0n) is 9.44. The molecule has 0 heterocycles. The van der Waals surface area contributed by atoms with Crippen LogP contribution in [-0.2, 0) is 9.59 Å². The number of benzene rings is 1. The lowest BCUT2D eigenvalue weighted by atomic mass is 10.3. The topological polar surface area (TPSA) is 75.6 Å². The van der Waals surface area contributed by atoms with Crippen LogP contribution in [0.4, 0.5) is 0 Å². The van der Waals surface area contributed by atoms with E-state index < -0.39 is 17.9 Å². The lowest BCUT2D eigenvalue weighted by molar-refractivity contribution is -0.141. The minimum absolute atomic E-state index is 0.238. The number of carbonyl (C=O) groups excluding carboxylic acids is 1. The molecule has 1 rings (SSSR count). The van der Waals surface area contributed by atoms with Crippen molar-refractivity contribution in [2.24, 2.45) is 0 Å². The van der Waals surface area contributed by atoms with Crippen LogP contribution in [-0.4, -0.2) is 29.6 Å². The second-order valence-electron chi connectivity index (χ2n) is 3.49. The fourth-order valence-corrected chi connectivity index (χ4v) is 2.24. The van der Waals surface area contributed by atoms with Gasteiger partial charge < -0.3 is 15.2 Å². The van der Waals surface area contributed by atoms with E-state index in [-0.39, 0.29) is 6.61 Å². The summed E-state index contributed by atoms with van der Waals surface area (Å²) in [6.45, 7) is 1.15. The number of rotatable bonds is 5.